The van der Waals surface area contributed by atoms with E-state index in [0.717, 1.165) is 14.2 Å². The van der Waals surface area contributed by atoms with Gasteiger partial charge in [0.2, 0.25) is 0 Å². The van der Waals surface area contributed by atoms with Crippen LogP contribution in [-0.2, 0) is 0 Å². The molecule has 0 aliphatic carbocycles. The van der Waals surface area contributed by atoms with Crippen LogP contribution in [0, 0.1) is 0 Å². The van der Waals surface area contributed by atoms with Gasteiger partial charge < -0.3 is 10.2 Å². The number of aliphatic hydroxyl groups excluding tert-OH is 2. The van der Waals surface area contributed by atoms with Crippen LogP contribution in [0.15, 0.2) is 60.7 Å². The van der Waals surface area contributed by atoms with E-state index in [1.807, 2.05) is 39.8 Å². The monoisotopic (exact) mass is 278 g/mol. The lowest BCUT2D eigenvalue weighted by Crippen LogP contribution is -1.73. The number of rotatable bonds is 1. The first-order valence-electron chi connectivity index (χ1n) is 6.97. The number of benzene rings is 2. The van der Waals surface area contributed by atoms with E-state index in [4.69, 9.17) is 10.2 Å². The number of hydrogen-bond donors (Lipinski definition) is 2. The molecule has 2 rings (SSSR count). The Labute approximate surface area is 124 Å². The van der Waals surface area contributed by atoms with Gasteiger partial charge in [0.25, 0.3) is 0 Å². The summed E-state index contributed by atoms with van der Waals surface area (Å²) in [7, 11) is 2.00. The third-order valence-electron chi connectivity index (χ3n) is 1.88. The summed E-state index contributed by atoms with van der Waals surface area (Å²) in [5.74, 6) is 0. The second-order valence-corrected chi connectivity index (χ2v) is 2.73. The Morgan fingerprint density at radius 2 is 0.650 bits per heavy atom. The predicted molar refractivity (Wildman–Crippen MR) is 90.9 cm³/mol. The lowest BCUT2D eigenvalue weighted by molar-refractivity contribution is 0.399. The summed E-state index contributed by atoms with van der Waals surface area (Å²) < 4.78 is 0. The normalized spacial score (nSPS) is 7.00. The molecule has 2 nitrogen and oxygen atoms in total. The number of aliphatic hydroxyl groups is 2. The molecule has 0 spiro atoms. The molecule has 0 amide bonds. The molecule has 0 fully saturated rings. The molecule has 2 aromatic carbocycles. The van der Waals surface area contributed by atoms with Crippen LogP contribution in [0.5, 0.6) is 0 Å². The minimum Gasteiger partial charge on any atom is -0.400 e. The van der Waals surface area contributed by atoms with Gasteiger partial charge in [-0.25, -0.2) is 0 Å². The van der Waals surface area contributed by atoms with Crippen molar-refractivity contribution in [2.24, 2.45) is 0 Å². The summed E-state index contributed by atoms with van der Waals surface area (Å²) in [6, 6.07) is 20.8. The van der Waals surface area contributed by atoms with E-state index in [2.05, 4.69) is 48.5 Å². The lowest BCUT2D eigenvalue weighted by Gasteiger charge is -1.98. The largest absolute Gasteiger partial charge is 0.400 e. The van der Waals surface area contributed by atoms with Crippen LogP contribution in [0.4, 0.5) is 0 Å². The second kappa shape index (κ2) is 22.5. The first-order valence-corrected chi connectivity index (χ1v) is 6.97. The first-order chi connectivity index (χ1) is 9.97. The Morgan fingerprint density at radius 3 is 0.850 bits per heavy atom. The van der Waals surface area contributed by atoms with E-state index in [1.54, 1.807) is 0 Å². The molecule has 0 atom stereocenters. The molecule has 20 heavy (non-hydrogen) atoms. The molecule has 0 saturated heterocycles. The van der Waals surface area contributed by atoms with Gasteiger partial charge in [-0.2, -0.15) is 0 Å². The average Bonchev–Trinajstić information content (AvgIpc) is 2.63. The zero-order valence-electron chi connectivity index (χ0n) is 13.7. The van der Waals surface area contributed by atoms with E-state index in [9.17, 15) is 0 Å². The molecule has 2 N–H and O–H groups in total. The maximum atomic E-state index is 7.00. The molecule has 0 bridgehead atoms. The SMILES string of the molecule is CC.CC.CO.CO.c1ccc(-c2ccccc2)cc1. The molecular weight excluding hydrogens is 248 g/mol. The molecule has 2 aromatic rings. The summed E-state index contributed by atoms with van der Waals surface area (Å²) in [6.07, 6.45) is 0. The second-order valence-electron chi connectivity index (χ2n) is 2.73. The smallest absolute Gasteiger partial charge is 0.0319 e. The van der Waals surface area contributed by atoms with Gasteiger partial charge in [0.1, 0.15) is 0 Å². The topological polar surface area (TPSA) is 40.5 Å². The van der Waals surface area contributed by atoms with Crippen molar-refractivity contribution in [2.45, 2.75) is 27.7 Å². The van der Waals surface area contributed by atoms with Crippen molar-refractivity contribution in [3.63, 3.8) is 0 Å². The highest BCUT2D eigenvalue weighted by atomic mass is 16.2. The Hall–Kier alpha value is -1.64. The maximum absolute atomic E-state index is 7.00. The van der Waals surface area contributed by atoms with Gasteiger partial charge in [0.15, 0.2) is 0 Å². The van der Waals surface area contributed by atoms with Crippen LogP contribution >= 0.6 is 0 Å². The van der Waals surface area contributed by atoms with Crippen molar-refractivity contribution in [1.29, 1.82) is 0 Å². The van der Waals surface area contributed by atoms with Gasteiger partial charge in [-0.15, -0.1) is 0 Å². The molecular formula is C18H30O2. The van der Waals surface area contributed by atoms with Crippen LogP contribution < -0.4 is 0 Å². The van der Waals surface area contributed by atoms with Gasteiger partial charge >= 0.3 is 0 Å². The molecule has 114 valence electrons. The highest BCUT2D eigenvalue weighted by Gasteiger charge is 1.91. The summed E-state index contributed by atoms with van der Waals surface area (Å²) in [5.41, 5.74) is 2.55. The molecule has 0 aliphatic rings. The highest BCUT2D eigenvalue weighted by molar-refractivity contribution is 5.62. The Balaban J connectivity index is -0.000000314. The minimum absolute atomic E-state index is 1.00. The third-order valence-corrected chi connectivity index (χ3v) is 1.88. The minimum atomic E-state index is 1.00. The molecule has 0 unspecified atom stereocenters. The molecule has 0 radical (unpaired) electrons. The van der Waals surface area contributed by atoms with Crippen LogP contribution in [0.25, 0.3) is 11.1 Å². The summed E-state index contributed by atoms with van der Waals surface area (Å²) in [4.78, 5) is 0. The van der Waals surface area contributed by atoms with Crippen molar-refractivity contribution in [2.75, 3.05) is 14.2 Å². The van der Waals surface area contributed by atoms with E-state index < -0.39 is 0 Å². The van der Waals surface area contributed by atoms with E-state index in [1.165, 1.54) is 11.1 Å². The Kier molecular flexibility index (Phi) is 26.4. The Bertz CT molecular complexity index is 307. The summed E-state index contributed by atoms with van der Waals surface area (Å²) in [5, 5.41) is 14.0. The van der Waals surface area contributed by atoms with Crippen LogP contribution in [0.1, 0.15) is 27.7 Å². The van der Waals surface area contributed by atoms with Crippen molar-refractivity contribution in [3.05, 3.63) is 60.7 Å². The third kappa shape index (κ3) is 11.5. The average molecular weight is 278 g/mol. The zero-order valence-corrected chi connectivity index (χ0v) is 13.7. The molecule has 0 saturated carbocycles. The summed E-state index contributed by atoms with van der Waals surface area (Å²) in [6.45, 7) is 8.00. The predicted octanol–water partition coefficient (Wildman–Crippen LogP) is 4.62. The fraction of sp³-hybridized carbons (Fsp3) is 0.333. The van der Waals surface area contributed by atoms with Crippen LogP contribution in [0.2, 0.25) is 0 Å². The van der Waals surface area contributed by atoms with Gasteiger partial charge in [0, 0.05) is 14.2 Å². The highest BCUT2D eigenvalue weighted by Crippen LogP contribution is 2.17. The molecule has 2 heteroatoms. The zero-order chi connectivity index (χ0) is 16.2. The fourth-order valence-electron chi connectivity index (χ4n) is 1.26. The standard InChI is InChI=1S/C12H10.2C2H6.2CH4O/c1-3-7-11(8-4-1)12-9-5-2-6-10-12;4*1-2/h1-10H;2*1-2H3;2*2H,1H3. The van der Waals surface area contributed by atoms with Gasteiger partial charge in [0.05, 0.1) is 0 Å². The van der Waals surface area contributed by atoms with Gasteiger partial charge in [-0.3, -0.25) is 0 Å². The van der Waals surface area contributed by atoms with E-state index in [-0.39, 0.29) is 0 Å². The van der Waals surface area contributed by atoms with Crippen molar-refractivity contribution in [1.82, 2.24) is 0 Å². The van der Waals surface area contributed by atoms with Crippen LogP contribution in [-0.4, -0.2) is 24.4 Å². The number of hydrogen-bond acceptors (Lipinski definition) is 2. The summed E-state index contributed by atoms with van der Waals surface area (Å²) >= 11 is 0. The van der Waals surface area contributed by atoms with E-state index in [0.29, 0.717) is 0 Å². The molecule has 0 aliphatic heterocycles. The van der Waals surface area contributed by atoms with Crippen molar-refractivity contribution in [3.8, 4) is 11.1 Å². The maximum Gasteiger partial charge on any atom is 0.0319 e. The Morgan fingerprint density at radius 1 is 0.450 bits per heavy atom. The van der Waals surface area contributed by atoms with E-state index >= 15 is 0 Å². The van der Waals surface area contributed by atoms with Crippen LogP contribution in [0.3, 0.4) is 0 Å². The first kappa shape index (κ1) is 23.5. The lowest BCUT2D eigenvalue weighted by atomic mass is 10.1. The van der Waals surface area contributed by atoms with Crippen molar-refractivity contribution >= 4 is 0 Å². The fourth-order valence-corrected chi connectivity index (χ4v) is 1.26. The van der Waals surface area contributed by atoms with Gasteiger partial charge in [-0.05, 0) is 11.1 Å². The van der Waals surface area contributed by atoms with Gasteiger partial charge in [-0.1, -0.05) is 88.4 Å². The molecule has 0 aromatic heterocycles. The quantitative estimate of drug-likeness (QED) is 0.799. The van der Waals surface area contributed by atoms with Crippen molar-refractivity contribution < 1.29 is 10.2 Å². The molecule has 0 heterocycles.